The summed E-state index contributed by atoms with van der Waals surface area (Å²) in [5.74, 6) is -0.471. The fraction of sp³-hybridized carbons (Fsp3) is 0.652. The van der Waals surface area contributed by atoms with Crippen molar-refractivity contribution in [1.82, 2.24) is 9.62 Å². The molecule has 0 fully saturated rings. The van der Waals surface area contributed by atoms with E-state index in [9.17, 15) is 28.1 Å². The van der Waals surface area contributed by atoms with Crippen LogP contribution in [0.3, 0.4) is 0 Å². The van der Waals surface area contributed by atoms with E-state index in [-0.39, 0.29) is 45.0 Å². The Morgan fingerprint density at radius 1 is 1.11 bits per heavy atom. The number of rotatable bonds is 13. The van der Waals surface area contributed by atoms with Crippen LogP contribution in [0, 0.1) is 10.1 Å². The van der Waals surface area contributed by atoms with Gasteiger partial charge >= 0.3 is 5.97 Å². The lowest BCUT2D eigenvalue weighted by Gasteiger charge is -2.23. The Labute approximate surface area is 213 Å². The summed E-state index contributed by atoms with van der Waals surface area (Å²) in [4.78, 5) is 34.0. The van der Waals surface area contributed by atoms with Crippen LogP contribution in [0.4, 0.5) is 5.69 Å². The molecule has 0 bridgehead atoms. The molecule has 206 valence electrons. The maximum atomic E-state index is 12.2. The highest BCUT2D eigenvalue weighted by Crippen LogP contribution is 2.22. The van der Waals surface area contributed by atoms with Crippen molar-refractivity contribution in [2.75, 3.05) is 46.5 Å². The molecule has 0 aromatic heterocycles. The van der Waals surface area contributed by atoms with Crippen LogP contribution in [0.2, 0.25) is 0 Å². The Kier molecular flexibility index (Phi) is 14.6. The number of para-hydroxylation sites is 1. The zero-order valence-corrected chi connectivity index (χ0v) is 22.9. The van der Waals surface area contributed by atoms with Crippen LogP contribution in [0.15, 0.2) is 29.2 Å². The number of aldehydes is 1. The zero-order valence-electron chi connectivity index (χ0n) is 22.1. The zero-order chi connectivity index (χ0) is 28.0. The number of carbonyl (C=O) groups is 2. The topological polar surface area (TPSA) is 154 Å². The Morgan fingerprint density at radius 2 is 1.69 bits per heavy atom. The van der Waals surface area contributed by atoms with Crippen molar-refractivity contribution >= 4 is 28.0 Å². The maximum absolute atomic E-state index is 12.2. The van der Waals surface area contributed by atoms with E-state index < -0.39 is 37.1 Å². The molecular weight excluding hydrogens is 494 g/mol. The van der Waals surface area contributed by atoms with E-state index >= 15 is 0 Å². The number of esters is 1. The van der Waals surface area contributed by atoms with E-state index in [1.807, 2.05) is 20.8 Å². The molecule has 1 rings (SSSR count). The quantitative estimate of drug-likeness (QED) is 0.131. The van der Waals surface area contributed by atoms with Gasteiger partial charge in [0.25, 0.3) is 5.69 Å². The normalized spacial score (nSPS) is 12.0. The molecule has 0 radical (unpaired) electrons. The molecule has 0 aliphatic carbocycles. The van der Waals surface area contributed by atoms with E-state index in [1.165, 1.54) is 12.1 Å². The van der Waals surface area contributed by atoms with E-state index in [2.05, 4.69) is 4.72 Å². The Hall–Kier alpha value is -2.45. The first kappa shape index (κ1) is 33.5. The monoisotopic (exact) mass is 533 g/mol. The van der Waals surface area contributed by atoms with Gasteiger partial charge in [-0.2, -0.15) is 0 Å². The smallest absolute Gasteiger partial charge is 0.320 e. The van der Waals surface area contributed by atoms with Gasteiger partial charge in [0.1, 0.15) is 11.9 Å². The molecule has 0 heterocycles. The number of nitro groups is 1. The molecule has 0 unspecified atom stereocenters. The maximum Gasteiger partial charge on any atom is 0.320 e. The summed E-state index contributed by atoms with van der Waals surface area (Å²) in [6.45, 7) is 11.5. The second kappa shape index (κ2) is 15.6. The number of nitrogens with one attached hydrogen (secondary N) is 1. The summed E-state index contributed by atoms with van der Waals surface area (Å²) in [5.41, 5.74) is -1.11. The van der Waals surface area contributed by atoms with Gasteiger partial charge in [0.15, 0.2) is 4.90 Å². The summed E-state index contributed by atoms with van der Waals surface area (Å²) in [7, 11) is -2.36. The predicted octanol–water partition coefficient (Wildman–Crippen LogP) is 2.16. The number of carbonyl (C=O) groups excluding carboxylic acids is 2. The molecule has 0 saturated carbocycles. The lowest BCUT2D eigenvalue weighted by atomic mass is 10.2. The number of sulfonamides is 1. The summed E-state index contributed by atoms with van der Waals surface area (Å²) >= 11 is 0. The average Bonchev–Trinajstić information content (AvgIpc) is 2.74. The summed E-state index contributed by atoms with van der Waals surface area (Å²) < 4.78 is 42.2. The minimum Gasteiger partial charge on any atom is -0.459 e. The van der Waals surface area contributed by atoms with Crippen molar-refractivity contribution in [2.24, 2.45) is 0 Å². The van der Waals surface area contributed by atoms with Gasteiger partial charge < -0.3 is 19.0 Å². The molecule has 0 aliphatic heterocycles. The van der Waals surface area contributed by atoms with Crippen molar-refractivity contribution in [3.05, 3.63) is 34.4 Å². The summed E-state index contributed by atoms with van der Waals surface area (Å²) in [5, 5.41) is 11.0. The van der Waals surface area contributed by atoms with Crippen molar-refractivity contribution in [3.8, 4) is 0 Å². The van der Waals surface area contributed by atoms with Gasteiger partial charge in [-0.15, -0.1) is 0 Å². The summed E-state index contributed by atoms with van der Waals surface area (Å²) in [6, 6.07) is 5.03. The van der Waals surface area contributed by atoms with Crippen LogP contribution in [0.1, 0.15) is 41.5 Å². The average molecular weight is 534 g/mol. The first-order chi connectivity index (χ1) is 16.5. The predicted molar refractivity (Wildman–Crippen MR) is 134 cm³/mol. The molecule has 0 spiro atoms. The van der Waals surface area contributed by atoms with Crippen LogP contribution in [-0.4, -0.2) is 88.2 Å². The second-order valence-corrected chi connectivity index (χ2v) is 11.3. The minimum absolute atomic E-state index is 0.00122. The molecule has 0 saturated heterocycles. The van der Waals surface area contributed by atoms with Crippen LogP contribution in [-0.2, 0) is 33.8 Å². The third-order valence-corrected chi connectivity index (χ3v) is 5.67. The molecule has 1 aromatic carbocycles. The first-order valence-corrected chi connectivity index (χ1v) is 12.7. The number of ether oxygens (including phenoxy) is 3. The molecular formula is C23H39N3O9S. The van der Waals surface area contributed by atoms with Gasteiger partial charge in [-0.1, -0.05) is 12.1 Å². The molecule has 13 heteroatoms. The van der Waals surface area contributed by atoms with Gasteiger partial charge in [0, 0.05) is 26.3 Å². The van der Waals surface area contributed by atoms with Crippen molar-refractivity contribution in [3.63, 3.8) is 0 Å². The fourth-order valence-electron chi connectivity index (χ4n) is 2.35. The van der Waals surface area contributed by atoms with Gasteiger partial charge in [-0.05, 0) is 47.6 Å². The van der Waals surface area contributed by atoms with Crippen LogP contribution >= 0.6 is 0 Å². The van der Waals surface area contributed by atoms with Gasteiger partial charge in [-0.3, -0.25) is 19.8 Å². The molecule has 0 atom stereocenters. The molecule has 0 aliphatic rings. The molecule has 12 nitrogen and oxygen atoms in total. The van der Waals surface area contributed by atoms with E-state index in [4.69, 9.17) is 14.2 Å². The minimum atomic E-state index is -4.07. The van der Waals surface area contributed by atoms with Crippen molar-refractivity contribution in [2.45, 2.75) is 57.6 Å². The third-order valence-electron chi connectivity index (χ3n) is 4.16. The number of nitro benzene ring substituents is 1. The molecule has 36 heavy (non-hydrogen) atoms. The van der Waals surface area contributed by atoms with Gasteiger partial charge in [-0.25, -0.2) is 13.1 Å². The number of methoxy groups -OCH3 is 1. The van der Waals surface area contributed by atoms with Crippen LogP contribution in [0.5, 0.6) is 0 Å². The van der Waals surface area contributed by atoms with Gasteiger partial charge in [0.2, 0.25) is 10.0 Å². The SMILES string of the molecule is CC(C)(C)OC(=O)CN(CC=O)CCOCCNS(=O)(=O)c1ccccc1[N+](=O)[O-].COC(C)(C)C. The highest BCUT2D eigenvalue weighted by Gasteiger charge is 2.24. The Morgan fingerprint density at radius 3 is 2.19 bits per heavy atom. The summed E-state index contributed by atoms with van der Waals surface area (Å²) in [6.07, 6.45) is 0.658. The standard InChI is InChI=1S/C18H27N3O8S.C5H12O/c1-18(2,3)29-17(23)14-20(9-11-22)10-13-28-12-8-19-30(26,27)16-7-5-4-6-15(16)21(24)25;1-5(2,3)6-4/h4-7,11,19H,8-10,12-14H2,1-3H3;1-4H3. The fourth-order valence-corrected chi connectivity index (χ4v) is 3.54. The second-order valence-electron chi connectivity index (χ2n) is 9.54. The van der Waals surface area contributed by atoms with Crippen LogP contribution in [0.25, 0.3) is 0 Å². The molecule has 0 amide bonds. The Balaban J connectivity index is 0.00000181. The van der Waals surface area contributed by atoms with E-state index in [0.29, 0.717) is 6.29 Å². The highest BCUT2D eigenvalue weighted by atomic mass is 32.2. The number of benzene rings is 1. The van der Waals surface area contributed by atoms with Crippen LogP contribution < -0.4 is 4.72 Å². The molecule has 1 aromatic rings. The van der Waals surface area contributed by atoms with Crippen molar-refractivity contribution in [1.29, 1.82) is 0 Å². The highest BCUT2D eigenvalue weighted by molar-refractivity contribution is 7.89. The van der Waals surface area contributed by atoms with E-state index in [0.717, 1.165) is 12.1 Å². The lowest BCUT2D eigenvalue weighted by molar-refractivity contribution is -0.387. The molecule has 1 N–H and O–H groups in total. The number of hydrogen-bond acceptors (Lipinski definition) is 10. The van der Waals surface area contributed by atoms with Gasteiger partial charge in [0.05, 0.1) is 36.8 Å². The number of nitrogens with zero attached hydrogens (tertiary/aromatic N) is 2. The lowest BCUT2D eigenvalue weighted by Crippen LogP contribution is -2.38. The van der Waals surface area contributed by atoms with Crippen molar-refractivity contribution < 1.29 is 37.1 Å². The Bertz CT molecular complexity index is 939. The first-order valence-electron chi connectivity index (χ1n) is 11.3. The third kappa shape index (κ3) is 15.5. The van der Waals surface area contributed by atoms with E-state index in [1.54, 1.807) is 32.8 Å². The number of hydrogen-bond donors (Lipinski definition) is 1. The largest absolute Gasteiger partial charge is 0.459 e.